The van der Waals surface area contributed by atoms with Crippen LogP contribution in [0.1, 0.15) is 20.3 Å². The molecular weight excluding hydrogens is 192 g/mol. The van der Waals surface area contributed by atoms with E-state index >= 15 is 0 Å². The minimum Gasteiger partial charge on any atom is -0.371 e. The van der Waals surface area contributed by atoms with E-state index in [9.17, 15) is 4.79 Å². The summed E-state index contributed by atoms with van der Waals surface area (Å²) in [7, 11) is 1.99. The average Bonchev–Trinajstić information content (AvgIpc) is 2.16. The van der Waals surface area contributed by atoms with Gasteiger partial charge in [-0.15, -0.1) is 0 Å². The summed E-state index contributed by atoms with van der Waals surface area (Å²) in [5, 5.41) is 0. The van der Waals surface area contributed by atoms with E-state index in [1.165, 1.54) is 0 Å². The SMILES string of the molecule is CC(C)N(C)CC(=O)N1CC2CC(C1)O2. The van der Waals surface area contributed by atoms with Gasteiger partial charge in [0.25, 0.3) is 0 Å². The molecule has 3 heterocycles. The van der Waals surface area contributed by atoms with Crippen LogP contribution in [0, 0.1) is 0 Å². The summed E-state index contributed by atoms with van der Waals surface area (Å²) >= 11 is 0. The first-order valence-electron chi connectivity index (χ1n) is 5.69. The molecule has 0 spiro atoms. The van der Waals surface area contributed by atoms with Crippen LogP contribution in [-0.4, -0.2) is 60.6 Å². The molecule has 3 saturated heterocycles. The first kappa shape index (κ1) is 10.9. The molecule has 0 radical (unpaired) electrons. The molecule has 3 aliphatic rings. The Morgan fingerprint density at radius 2 is 2.00 bits per heavy atom. The molecule has 1 amide bonds. The number of morpholine rings is 1. The van der Waals surface area contributed by atoms with E-state index in [4.69, 9.17) is 4.74 Å². The van der Waals surface area contributed by atoms with Crippen molar-refractivity contribution in [2.45, 2.75) is 38.5 Å². The number of rotatable bonds is 3. The van der Waals surface area contributed by atoms with Crippen LogP contribution in [0.2, 0.25) is 0 Å². The van der Waals surface area contributed by atoms with E-state index in [1.54, 1.807) is 0 Å². The Bertz CT molecular complexity index is 239. The minimum absolute atomic E-state index is 0.240. The lowest BCUT2D eigenvalue weighted by Crippen LogP contribution is -2.60. The molecule has 3 rings (SSSR count). The summed E-state index contributed by atoms with van der Waals surface area (Å²) in [6, 6.07) is 0.421. The lowest BCUT2D eigenvalue weighted by atomic mass is 9.99. The van der Waals surface area contributed by atoms with E-state index in [1.807, 2.05) is 11.9 Å². The van der Waals surface area contributed by atoms with Crippen molar-refractivity contribution in [1.29, 1.82) is 0 Å². The summed E-state index contributed by atoms with van der Waals surface area (Å²) in [5.41, 5.74) is 0. The predicted octanol–water partition coefficient (Wildman–Crippen LogP) is 0.326. The third-order valence-corrected chi connectivity index (χ3v) is 3.38. The number of ether oxygens (including phenoxy) is 1. The Balaban J connectivity index is 1.81. The van der Waals surface area contributed by atoms with Crippen LogP contribution in [0.15, 0.2) is 0 Å². The summed E-state index contributed by atoms with van der Waals surface area (Å²) in [6.45, 7) is 6.31. The van der Waals surface area contributed by atoms with Gasteiger partial charge in [0.05, 0.1) is 18.8 Å². The predicted molar refractivity (Wildman–Crippen MR) is 57.6 cm³/mol. The Labute approximate surface area is 91.2 Å². The molecule has 2 unspecified atom stereocenters. The Morgan fingerprint density at radius 1 is 1.47 bits per heavy atom. The van der Waals surface area contributed by atoms with E-state index < -0.39 is 0 Å². The summed E-state index contributed by atoms with van der Waals surface area (Å²) in [6.07, 6.45) is 1.78. The molecule has 0 aromatic carbocycles. The van der Waals surface area contributed by atoms with E-state index in [2.05, 4.69) is 18.7 Å². The van der Waals surface area contributed by atoms with Gasteiger partial charge in [-0.05, 0) is 20.9 Å². The van der Waals surface area contributed by atoms with Crippen molar-refractivity contribution in [2.75, 3.05) is 26.7 Å². The number of carbonyl (C=O) groups is 1. The van der Waals surface area contributed by atoms with Gasteiger partial charge in [-0.25, -0.2) is 0 Å². The van der Waals surface area contributed by atoms with E-state index in [-0.39, 0.29) is 5.91 Å². The van der Waals surface area contributed by atoms with Crippen LogP contribution in [0.5, 0.6) is 0 Å². The standard InChI is InChI=1S/C11H20N2O2/c1-8(2)12(3)7-11(14)13-5-9-4-10(6-13)15-9/h8-10H,4-7H2,1-3H3. The highest BCUT2D eigenvalue weighted by molar-refractivity contribution is 5.78. The number of piperidine rings is 1. The van der Waals surface area contributed by atoms with Gasteiger partial charge in [-0.2, -0.15) is 0 Å². The summed E-state index contributed by atoms with van der Waals surface area (Å²) in [4.78, 5) is 15.9. The van der Waals surface area contributed by atoms with Gasteiger partial charge in [0, 0.05) is 25.6 Å². The topological polar surface area (TPSA) is 32.8 Å². The minimum atomic E-state index is 0.240. The fourth-order valence-electron chi connectivity index (χ4n) is 2.06. The second-order valence-electron chi connectivity index (χ2n) is 4.92. The molecule has 2 bridgehead atoms. The number of hydrogen-bond donors (Lipinski definition) is 0. The van der Waals surface area contributed by atoms with Crippen molar-refractivity contribution < 1.29 is 9.53 Å². The zero-order valence-corrected chi connectivity index (χ0v) is 9.77. The molecule has 15 heavy (non-hydrogen) atoms. The highest BCUT2D eigenvalue weighted by Crippen LogP contribution is 2.27. The van der Waals surface area contributed by atoms with Crippen LogP contribution in [0.25, 0.3) is 0 Å². The normalized spacial score (nSPS) is 29.5. The second kappa shape index (κ2) is 4.10. The third kappa shape index (κ3) is 2.32. The number of amides is 1. The zero-order valence-electron chi connectivity index (χ0n) is 9.77. The lowest BCUT2D eigenvalue weighted by molar-refractivity contribution is -0.188. The third-order valence-electron chi connectivity index (χ3n) is 3.38. The van der Waals surface area contributed by atoms with Crippen molar-refractivity contribution in [3.05, 3.63) is 0 Å². The fourth-order valence-corrected chi connectivity index (χ4v) is 2.06. The molecular formula is C11H20N2O2. The van der Waals surface area contributed by atoms with E-state index in [0.717, 1.165) is 19.5 Å². The van der Waals surface area contributed by atoms with Gasteiger partial charge in [0.2, 0.25) is 5.91 Å². The first-order chi connectivity index (χ1) is 7.06. The molecule has 2 atom stereocenters. The van der Waals surface area contributed by atoms with Crippen molar-refractivity contribution in [3.63, 3.8) is 0 Å². The van der Waals surface area contributed by atoms with Crippen molar-refractivity contribution in [2.24, 2.45) is 0 Å². The molecule has 0 aliphatic carbocycles. The highest BCUT2D eigenvalue weighted by atomic mass is 16.5. The molecule has 0 aromatic heterocycles. The molecule has 4 heteroatoms. The molecule has 0 N–H and O–H groups in total. The number of nitrogens with zero attached hydrogens (tertiary/aromatic N) is 2. The maximum Gasteiger partial charge on any atom is 0.236 e. The number of fused-ring (bicyclic) bond motifs is 2. The largest absolute Gasteiger partial charge is 0.371 e. The molecule has 4 nitrogen and oxygen atoms in total. The molecule has 86 valence electrons. The second-order valence-corrected chi connectivity index (χ2v) is 4.92. The van der Waals surface area contributed by atoms with Gasteiger partial charge in [0.1, 0.15) is 0 Å². The Hall–Kier alpha value is -0.610. The quantitative estimate of drug-likeness (QED) is 0.675. The first-order valence-corrected chi connectivity index (χ1v) is 5.69. The van der Waals surface area contributed by atoms with Crippen LogP contribution in [-0.2, 0) is 9.53 Å². The van der Waals surface area contributed by atoms with E-state index in [0.29, 0.717) is 24.8 Å². The summed E-state index contributed by atoms with van der Waals surface area (Å²) < 4.78 is 5.50. The smallest absolute Gasteiger partial charge is 0.236 e. The van der Waals surface area contributed by atoms with Gasteiger partial charge in [-0.1, -0.05) is 0 Å². The van der Waals surface area contributed by atoms with Crippen molar-refractivity contribution >= 4 is 5.91 Å². The van der Waals surface area contributed by atoms with Gasteiger partial charge in [0.15, 0.2) is 0 Å². The van der Waals surface area contributed by atoms with Gasteiger partial charge >= 0.3 is 0 Å². The monoisotopic (exact) mass is 212 g/mol. The molecule has 0 aromatic rings. The number of hydrogen-bond acceptors (Lipinski definition) is 3. The maximum atomic E-state index is 11.9. The Kier molecular flexibility index (Phi) is 2.98. The highest BCUT2D eigenvalue weighted by Gasteiger charge is 2.39. The molecule has 3 aliphatic heterocycles. The molecule has 3 fully saturated rings. The van der Waals surface area contributed by atoms with Crippen molar-refractivity contribution in [1.82, 2.24) is 9.80 Å². The Morgan fingerprint density at radius 3 is 2.47 bits per heavy atom. The lowest BCUT2D eigenvalue weighted by Gasteiger charge is -2.47. The van der Waals surface area contributed by atoms with Crippen LogP contribution in [0.4, 0.5) is 0 Å². The van der Waals surface area contributed by atoms with Crippen LogP contribution in [0.3, 0.4) is 0 Å². The van der Waals surface area contributed by atoms with Gasteiger partial charge < -0.3 is 9.64 Å². The van der Waals surface area contributed by atoms with Gasteiger partial charge in [-0.3, -0.25) is 9.69 Å². The molecule has 0 saturated carbocycles. The number of likely N-dealkylation sites (N-methyl/N-ethyl adjacent to an activating group) is 1. The van der Waals surface area contributed by atoms with Crippen LogP contribution < -0.4 is 0 Å². The van der Waals surface area contributed by atoms with Crippen molar-refractivity contribution in [3.8, 4) is 0 Å². The average molecular weight is 212 g/mol. The summed E-state index contributed by atoms with van der Waals surface area (Å²) in [5.74, 6) is 0.240. The zero-order chi connectivity index (χ0) is 11.0. The maximum absolute atomic E-state index is 11.9. The fraction of sp³-hybridized carbons (Fsp3) is 0.909. The van der Waals surface area contributed by atoms with Crippen LogP contribution >= 0.6 is 0 Å². The number of carbonyl (C=O) groups excluding carboxylic acids is 1.